The van der Waals surface area contributed by atoms with Crippen LogP contribution in [0.5, 0.6) is 5.88 Å². The SMILES string of the molecule is CCCCCCCCOc1ccs[n+]1C.O=S(=O)([O-])F. The number of ether oxygens (including phenoxy) is 1. The van der Waals surface area contributed by atoms with Crippen LogP contribution < -0.4 is 8.69 Å². The maximum absolute atomic E-state index is 10.1. The van der Waals surface area contributed by atoms with Crippen LogP contribution in [0.25, 0.3) is 0 Å². The molecule has 0 N–H and O–H groups in total. The third-order valence-corrected chi connectivity index (χ3v) is 3.24. The average molecular weight is 327 g/mol. The maximum atomic E-state index is 10.1. The summed E-state index contributed by atoms with van der Waals surface area (Å²) in [6, 6.07) is 2.03. The normalized spacial score (nSPS) is 10.8. The molecule has 0 amide bonds. The molecule has 0 saturated carbocycles. The molecule has 118 valence electrons. The lowest BCUT2D eigenvalue weighted by Gasteiger charge is -2.01. The van der Waals surface area contributed by atoms with Gasteiger partial charge in [0.2, 0.25) is 0 Å². The smallest absolute Gasteiger partial charge is 0.382 e. The summed E-state index contributed by atoms with van der Waals surface area (Å²) in [7, 11) is -3.39. The van der Waals surface area contributed by atoms with Crippen molar-refractivity contribution in [2.45, 2.75) is 45.4 Å². The minimum Gasteiger partial charge on any atom is -0.722 e. The van der Waals surface area contributed by atoms with Gasteiger partial charge in [-0.25, -0.2) is 8.42 Å². The largest absolute Gasteiger partial charge is 0.722 e. The maximum Gasteiger partial charge on any atom is 0.382 e. The average Bonchev–Trinajstić information content (AvgIpc) is 2.72. The third-order valence-electron chi connectivity index (χ3n) is 2.49. The van der Waals surface area contributed by atoms with E-state index in [2.05, 4.69) is 16.3 Å². The summed E-state index contributed by atoms with van der Waals surface area (Å²) < 4.78 is 43.0. The number of aromatic nitrogens is 1. The summed E-state index contributed by atoms with van der Waals surface area (Å²) in [4.78, 5) is 0. The highest BCUT2D eigenvalue weighted by Gasteiger charge is 2.07. The molecule has 0 radical (unpaired) electrons. The molecule has 1 aromatic heterocycles. The minimum atomic E-state index is -5.42. The Morgan fingerprint density at radius 3 is 2.35 bits per heavy atom. The molecule has 0 saturated heterocycles. The van der Waals surface area contributed by atoms with Crippen molar-refractivity contribution < 1.29 is 25.5 Å². The summed E-state index contributed by atoms with van der Waals surface area (Å²) in [6.45, 7) is 3.11. The highest BCUT2D eigenvalue weighted by Crippen LogP contribution is 2.08. The monoisotopic (exact) mass is 327 g/mol. The Morgan fingerprint density at radius 2 is 1.85 bits per heavy atom. The molecule has 0 unspecified atom stereocenters. The van der Waals surface area contributed by atoms with Gasteiger partial charge in [-0.3, -0.25) is 0 Å². The van der Waals surface area contributed by atoms with E-state index in [4.69, 9.17) is 17.7 Å². The molecular formula is C12H22FNO4S2. The van der Waals surface area contributed by atoms with Crippen LogP contribution in [-0.2, 0) is 17.6 Å². The molecule has 0 fully saturated rings. The van der Waals surface area contributed by atoms with E-state index in [1.54, 1.807) is 11.5 Å². The lowest BCUT2D eigenvalue weighted by Crippen LogP contribution is -2.24. The second kappa shape index (κ2) is 11.0. The van der Waals surface area contributed by atoms with E-state index in [0.717, 1.165) is 12.5 Å². The van der Waals surface area contributed by atoms with E-state index in [1.165, 1.54) is 38.5 Å². The molecule has 0 aliphatic heterocycles. The van der Waals surface area contributed by atoms with Crippen LogP contribution in [0.3, 0.4) is 0 Å². The second-order valence-electron chi connectivity index (χ2n) is 4.25. The van der Waals surface area contributed by atoms with E-state index < -0.39 is 10.5 Å². The van der Waals surface area contributed by atoms with Crippen LogP contribution in [0.15, 0.2) is 11.4 Å². The van der Waals surface area contributed by atoms with Crippen LogP contribution in [0.4, 0.5) is 3.89 Å². The molecular weight excluding hydrogens is 305 g/mol. The number of hydrogen-bond acceptors (Lipinski definition) is 5. The molecule has 0 bridgehead atoms. The fraction of sp³-hybridized carbons (Fsp3) is 0.750. The Hall–Kier alpha value is -0.730. The number of halogens is 1. The van der Waals surface area contributed by atoms with E-state index in [0.29, 0.717) is 0 Å². The first-order valence-electron chi connectivity index (χ1n) is 6.57. The van der Waals surface area contributed by atoms with Gasteiger partial charge in [-0.1, -0.05) is 39.0 Å². The topological polar surface area (TPSA) is 70.3 Å². The Labute approximate surface area is 124 Å². The molecule has 0 aliphatic carbocycles. The molecule has 8 heteroatoms. The van der Waals surface area contributed by atoms with Gasteiger partial charge in [-0.05, 0) is 6.42 Å². The molecule has 0 aromatic carbocycles. The standard InChI is InChI=1S/C12H22NOS.FHO3S/c1-3-4-5-6-7-8-10-14-12-9-11-15-13(12)2;1-5(2,3)4/h9,11H,3-8,10H2,1-2H3;(H,2,3,4)/q+1;/p-1. The number of unbranched alkanes of at least 4 members (excludes halogenated alkanes) is 5. The molecule has 5 nitrogen and oxygen atoms in total. The van der Waals surface area contributed by atoms with Gasteiger partial charge >= 0.3 is 5.88 Å². The van der Waals surface area contributed by atoms with Crippen LogP contribution in [0, 0.1) is 0 Å². The van der Waals surface area contributed by atoms with E-state index >= 15 is 0 Å². The minimum absolute atomic E-state index is 0.858. The summed E-state index contributed by atoms with van der Waals surface area (Å²) in [5.74, 6) is 0.994. The van der Waals surface area contributed by atoms with Crippen LogP contribution >= 0.6 is 11.5 Å². The molecule has 1 rings (SSSR count). The van der Waals surface area contributed by atoms with Gasteiger partial charge in [0.15, 0.2) is 7.05 Å². The predicted octanol–water partition coefficient (Wildman–Crippen LogP) is 2.73. The Bertz CT molecular complexity index is 440. The van der Waals surface area contributed by atoms with Crippen LogP contribution in [0.2, 0.25) is 0 Å². The first-order chi connectivity index (χ1) is 9.34. The Balaban J connectivity index is 0.000000621. The number of aryl methyl sites for hydroxylation is 1. The van der Waals surface area contributed by atoms with Crippen molar-refractivity contribution in [2.75, 3.05) is 6.61 Å². The third kappa shape index (κ3) is 13.7. The van der Waals surface area contributed by atoms with E-state index in [9.17, 15) is 3.89 Å². The van der Waals surface area contributed by atoms with Crippen molar-refractivity contribution in [3.63, 3.8) is 0 Å². The zero-order valence-electron chi connectivity index (χ0n) is 11.9. The summed E-state index contributed by atoms with van der Waals surface area (Å²) in [5.41, 5.74) is 0. The van der Waals surface area contributed by atoms with Crippen molar-refractivity contribution >= 4 is 22.0 Å². The lowest BCUT2D eigenvalue weighted by atomic mass is 10.1. The molecule has 0 atom stereocenters. The first-order valence-corrected chi connectivity index (χ1v) is 8.71. The van der Waals surface area contributed by atoms with Crippen LogP contribution in [-0.4, -0.2) is 19.6 Å². The van der Waals surface area contributed by atoms with Gasteiger partial charge in [0, 0.05) is 0 Å². The Kier molecular flexibility index (Phi) is 10.6. The predicted molar refractivity (Wildman–Crippen MR) is 75.2 cm³/mol. The van der Waals surface area contributed by atoms with Crippen molar-refractivity contribution in [1.29, 1.82) is 0 Å². The zero-order chi connectivity index (χ0) is 15.4. The summed E-state index contributed by atoms with van der Waals surface area (Å²) in [5, 5.41) is 2.05. The van der Waals surface area contributed by atoms with Gasteiger partial charge in [0.1, 0.15) is 11.5 Å². The van der Waals surface area contributed by atoms with Gasteiger partial charge < -0.3 is 9.29 Å². The van der Waals surface area contributed by atoms with Crippen molar-refractivity contribution in [1.82, 2.24) is 0 Å². The Morgan fingerprint density at radius 1 is 1.30 bits per heavy atom. The second-order valence-corrected chi connectivity index (χ2v) is 6.07. The van der Waals surface area contributed by atoms with E-state index in [-0.39, 0.29) is 0 Å². The quantitative estimate of drug-likeness (QED) is 0.318. The summed E-state index contributed by atoms with van der Waals surface area (Å²) >= 11 is 1.67. The highest BCUT2D eigenvalue weighted by molar-refractivity contribution is 7.80. The number of nitrogens with zero attached hydrogens (tertiary/aromatic N) is 1. The molecule has 1 heterocycles. The fourth-order valence-electron chi connectivity index (χ4n) is 1.53. The van der Waals surface area contributed by atoms with Crippen LogP contribution in [0.1, 0.15) is 45.4 Å². The van der Waals surface area contributed by atoms with Gasteiger partial charge in [0.25, 0.3) is 10.5 Å². The van der Waals surface area contributed by atoms with E-state index in [1.807, 2.05) is 13.1 Å². The molecule has 1 aromatic rings. The first kappa shape index (κ1) is 19.3. The van der Waals surface area contributed by atoms with Crippen molar-refractivity contribution in [3.8, 4) is 5.88 Å². The number of hydrogen-bond donors (Lipinski definition) is 0. The zero-order valence-corrected chi connectivity index (χ0v) is 13.5. The number of rotatable bonds is 8. The summed E-state index contributed by atoms with van der Waals surface area (Å²) in [6.07, 6.45) is 7.91. The molecule has 0 aliphatic rings. The van der Waals surface area contributed by atoms with Crippen molar-refractivity contribution in [3.05, 3.63) is 11.4 Å². The van der Waals surface area contributed by atoms with Gasteiger partial charge in [-0.2, -0.15) is 0 Å². The lowest BCUT2D eigenvalue weighted by molar-refractivity contribution is -0.608. The molecule has 0 spiro atoms. The highest BCUT2D eigenvalue weighted by atomic mass is 32.3. The fourth-order valence-corrected chi connectivity index (χ4v) is 2.11. The van der Waals surface area contributed by atoms with Gasteiger partial charge in [0.05, 0.1) is 18.1 Å². The van der Waals surface area contributed by atoms with Gasteiger partial charge in [-0.15, -0.1) is 7.84 Å². The van der Waals surface area contributed by atoms with Crippen molar-refractivity contribution in [2.24, 2.45) is 7.05 Å². The molecule has 20 heavy (non-hydrogen) atoms.